The minimum Gasteiger partial charge on any atom is -0.348 e. The van der Waals surface area contributed by atoms with Gasteiger partial charge in [0.25, 0.3) is 0 Å². The number of hydrogen-bond acceptors (Lipinski definition) is 4. The van der Waals surface area contributed by atoms with Gasteiger partial charge in [-0.2, -0.15) is 5.10 Å². The predicted octanol–water partition coefficient (Wildman–Crippen LogP) is 1.42. The summed E-state index contributed by atoms with van der Waals surface area (Å²) in [5.41, 5.74) is -0.600. The maximum atomic E-state index is 12.4. The van der Waals surface area contributed by atoms with E-state index < -0.39 is 0 Å². The van der Waals surface area contributed by atoms with Crippen molar-refractivity contribution in [2.24, 2.45) is 0 Å². The number of carbonyl (C=O) groups is 2. The molecule has 3 heterocycles. The molecule has 1 fully saturated rings. The molecule has 2 N–H and O–H groups in total. The molecule has 2 aliphatic rings. The van der Waals surface area contributed by atoms with Crippen LogP contribution in [0.3, 0.4) is 0 Å². The minimum atomic E-state index is -0.342. The van der Waals surface area contributed by atoms with E-state index in [9.17, 15) is 9.59 Å². The summed E-state index contributed by atoms with van der Waals surface area (Å²) in [7, 11) is 0. The van der Waals surface area contributed by atoms with Crippen molar-refractivity contribution in [3.8, 4) is 0 Å². The van der Waals surface area contributed by atoms with Crippen molar-refractivity contribution in [1.82, 2.24) is 30.3 Å². The second kappa shape index (κ2) is 6.55. The molecule has 2 aliphatic heterocycles. The van der Waals surface area contributed by atoms with Gasteiger partial charge in [-0.1, -0.05) is 13.8 Å². The Balaban J connectivity index is 1.72. The highest BCUT2D eigenvalue weighted by Crippen LogP contribution is 2.28. The Kier molecular flexibility index (Phi) is 4.71. The second-order valence-corrected chi connectivity index (χ2v) is 8.87. The van der Waals surface area contributed by atoms with Crippen LogP contribution in [0.5, 0.6) is 0 Å². The molecule has 0 aromatic carbocycles. The zero-order chi connectivity index (χ0) is 19.1. The number of urea groups is 1. The number of amides is 3. The van der Waals surface area contributed by atoms with E-state index >= 15 is 0 Å². The summed E-state index contributed by atoms with van der Waals surface area (Å²) >= 11 is 0. The molecule has 3 amide bonds. The highest BCUT2D eigenvalue weighted by molar-refractivity contribution is 5.77. The summed E-state index contributed by atoms with van der Waals surface area (Å²) in [6.07, 6.45) is 2.10. The van der Waals surface area contributed by atoms with Gasteiger partial charge in [-0.25, -0.2) is 14.5 Å². The first kappa shape index (κ1) is 18.7. The minimum absolute atomic E-state index is 0.0310. The van der Waals surface area contributed by atoms with E-state index in [1.165, 1.54) is 0 Å². The van der Waals surface area contributed by atoms with E-state index in [4.69, 9.17) is 0 Å². The first-order valence-electron chi connectivity index (χ1n) is 9.39. The third kappa shape index (κ3) is 3.99. The molecule has 3 rings (SSSR count). The molecule has 0 atom stereocenters. The number of likely N-dealkylation sites (tertiary alicyclic amines) is 1. The molecule has 144 valence electrons. The Hall–Kier alpha value is -2.12. The summed E-state index contributed by atoms with van der Waals surface area (Å²) in [5.74, 6) is 1.85. The van der Waals surface area contributed by atoms with Crippen molar-refractivity contribution >= 4 is 11.9 Å². The fourth-order valence-electron chi connectivity index (χ4n) is 3.55. The molecule has 1 aromatic heterocycles. The zero-order valence-electron chi connectivity index (χ0n) is 16.4. The molecule has 8 heteroatoms. The van der Waals surface area contributed by atoms with E-state index in [-0.39, 0.29) is 35.5 Å². The number of rotatable bonds is 1. The van der Waals surface area contributed by atoms with Crippen LogP contribution in [0.2, 0.25) is 0 Å². The predicted molar refractivity (Wildman–Crippen MR) is 97.8 cm³/mol. The van der Waals surface area contributed by atoms with Crippen LogP contribution in [0.1, 0.15) is 65.0 Å². The Morgan fingerprint density at radius 1 is 1.27 bits per heavy atom. The van der Waals surface area contributed by atoms with E-state index in [0.717, 1.165) is 24.5 Å². The maximum absolute atomic E-state index is 12.4. The molecule has 0 bridgehead atoms. The molecule has 0 aliphatic carbocycles. The molecule has 0 radical (unpaired) electrons. The van der Waals surface area contributed by atoms with Crippen LogP contribution >= 0.6 is 0 Å². The van der Waals surface area contributed by atoms with Crippen molar-refractivity contribution in [1.29, 1.82) is 0 Å². The van der Waals surface area contributed by atoms with Gasteiger partial charge in [0.05, 0.1) is 5.54 Å². The lowest BCUT2D eigenvalue weighted by Gasteiger charge is -2.42. The molecule has 8 nitrogen and oxygen atoms in total. The lowest BCUT2D eigenvalue weighted by Crippen LogP contribution is -2.59. The topological polar surface area (TPSA) is 92.2 Å². The van der Waals surface area contributed by atoms with E-state index in [1.807, 2.05) is 25.7 Å². The monoisotopic (exact) mass is 362 g/mol. The molecule has 0 saturated carbocycles. The fourth-order valence-corrected chi connectivity index (χ4v) is 3.55. The summed E-state index contributed by atoms with van der Waals surface area (Å²) in [6.45, 7) is 11.5. The number of nitrogens with zero attached hydrogens (tertiary/aromatic N) is 4. The smallest absolute Gasteiger partial charge is 0.317 e. The van der Waals surface area contributed by atoms with Gasteiger partial charge in [0.2, 0.25) is 5.91 Å². The molecule has 1 saturated heterocycles. The van der Waals surface area contributed by atoms with E-state index in [0.29, 0.717) is 19.5 Å². The molecule has 1 spiro atoms. The number of carbonyl (C=O) groups excluding carboxylic acids is 2. The SMILES string of the molecule is CC(C)c1nc2n(n1)CC(=O)NC1(CCN(C(=O)NC(C)(C)C)CC1)C2. The van der Waals surface area contributed by atoms with Crippen LogP contribution in [-0.4, -0.2) is 55.8 Å². The largest absolute Gasteiger partial charge is 0.348 e. The number of nitrogens with one attached hydrogen (secondary N) is 2. The Morgan fingerprint density at radius 3 is 2.50 bits per heavy atom. The Bertz CT molecular complexity index is 695. The van der Waals surface area contributed by atoms with Gasteiger partial charge in [-0.3, -0.25) is 4.79 Å². The Labute approximate surface area is 154 Å². The number of aromatic nitrogens is 3. The lowest BCUT2D eigenvalue weighted by atomic mass is 9.84. The third-order valence-electron chi connectivity index (χ3n) is 4.97. The second-order valence-electron chi connectivity index (χ2n) is 8.87. The summed E-state index contributed by atoms with van der Waals surface area (Å²) < 4.78 is 1.73. The van der Waals surface area contributed by atoms with E-state index in [1.54, 1.807) is 4.68 Å². The van der Waals surface area contributed by atoms with Crippen molar-refractivity contribution < 1.29 is 9.59 Å². The van der Waals surface area contributed by atoms with Crippen LogP contribution < -0.4 is 10.6 Å². The van der Waals surface area contributed by atoms with Crippen molar-refractivity contribution in [3.05, 3.63) is 11.6 Å². The van der Waals surface area contributed by atoms with Gasteiger partial charge in [-0.05, 0) is 33.6 Å². The number of hydrogen-bond donors (Lipinski definition) is 2. The van der Waals surface area contributed by atoms with Crippen LogP contribution in [0, 0.1) is 0 Å². The average molecular weight is 362 g/mol. The number of piperidine rings is 1. The summed E-state index contributed by atoms with van der Waals surface area (Å²) in [5, 5.41) is 10.7. The van der Waals surface area contributed by atoms with Gasteiger partial charge in [0.1, 0.15) is 12.4 Å². The molecule has 0 unspecified atom stereocenters. The molecule has 26 heavy (non-hydrogen) atoms. The summed E-state index contributed by atoms with van der Waals surface area (Å²) in [6, 6.07) is -0.0439. The molecule has 1 aromatic rings. The van der Waals surface area contributed by atoms with Crippen molar-refractivity contribution in [2.45, 2.75) is 77.4 Å². The highest BCUT2D eigenvalue weighted by Gasteiger charge is 2.41. The third-order valence-corrected chi connectivity index (χ3v) is 4.97. The van der Waals surface area contributed by atoms with Gasteiger partial charge >= 0.3 is 6.03 Å². The molecular formula is C18H30N6O2. The number of fused-ring (bicyclic) bond motifs is 1. The van der Waals surface area contributed by atoms with Crippen molar-refractivity contribution in [2.75, 3.05) is 13.1 Å². The van der Waals surface area contributed by atoms with Gasteiger partial charge in [-0.15, -0.1) is 0 Å². The lowest BCUT2D eigenvalue weighted by molar-refractivity contribution is -0.123. The Morgan fingerprint density at radius 2 is 1.92 bits per heavy atom. The van der Waals surface area contributed by atoms with Gasteiger partial charge in [0, 0.05) is 31.0 Å². The standard InChI is InChI=1S/C18H30N6O2/c1-12(2)15-19-13-10-18(20-14(25)11-24(13)22-15)6-8-23(9-7-18)16(26)21-17(3,4)5/h12H,6-11H2,1-5H3,(H,20,25)(H,21,26). The van der Waals surface area contributed by atoms with Crippen LogP contribution in [0.15, 0.2) is 0 Å². The van der Waals surface area contributed by atoms with Crippen LogP contribution in [0.25, 0.3) is 0 Å². The van der Waals surface area contributed by atoms with Crippen LogP contribution in [0.4, 0.5) is 4.79 Å². The first-order valence-corrected chi connectivity index (χ1v) is 9.39. The maximum Gasteiger partial charge on any atom is 0.317 e. The quantitative estimate of drug-likeness (QED) is 0.790. The summed E-state index contributed by atoms with van der Waals surface area (Å²) in [4.78, 5) is 31.3. The zero-order valence-corrected chi connectivity index (χ0v) is 16.4. The average Bonchev–Trinajstić information content (AvgIpc) is 2.83. The van der Waals surface area contributed by atoms with Gasteiger partial charge in [0.15, 0.2) is 5.82 Å². The van der Waals surface area contributed by atoms with Crippen LogP contribution in [-0.2, 0) is 17.8 Å². The van der Waals surface area contributed by atoms with Crippen molar-refractivity contribution in [3.63, 3.8) is 0 Å². The molecular weight excluding hydrogens is 332 g/mol. The highest BCUT2D eigenvalue weighted by atomic mass is 16.2. The first-order chi connectivity index (χ1) is 12.1. The normalized spacial score (nSPS) is 19.9. The van der Waals surface area contributed by atoms with E-state index in [2.05, 4.69) is 34.6 Å². The fraction of sp³-hybridized carbons (Fsp3) is 0.778. The van der Waals surface area contributed by atoms with Gasteiger partial charge < -0.3 is 15.5 Å².